The first-order valence-electron chi connectivity index (χ1n) is 8.79. The first-order chi connectivity index (χ1) is 11.9. The van der Waals surface area contributed by atoms with Crippen LogP contribution in [0.25, 0.3) is 0 Å². The minimum Gasteiger partial charge on any atom is -0.378 e. The molecule has 2 aromatic rings. The Morgan fingerprint density at radius 1 is 1.00 bits per heavy atom. The number of benzene rings is 2. The molecule has 2 aromatic carbocycles. The summed E-state index contributed by atoms with van der Waals surface area (Å²) < 4.78 is 5.42. The van der Waals surface area contributed by atoms with Gasteiger partial charge in [0.15, 0.2) is 0 Å². The number of anilines is 2. The van der Waals surface area contributed by atoms with Crippen molar-refractivity contribution in [2.45, 2.75) is 26.2 Å². The fourth-order valence-corrected chi connectivity index (χ4v) is 2.98. The van der Waals surface area contributed by atoms with E-state index in [0.717, 1.165) is 37.7 Å². The summed E-state index contributed by atoms with van der Waals surface area (Å²) in [5, 5.41) is 3.06. The third kappa shape index (κ3) is 4.20. The van der Waals surface area contributed by atoms with Crippen molar-refractivity contribution in [3.05, 3.63) is 59.7 Å². The van der Waals surface area contributed by atoms with Crippen LogP contribution in [0.4, 0.5) is 11.4 Å². The number of nitrogens with one attached hydrogen (secondary N) is 1. The Hall–Kier alpha value is -2.33. The van der Waals surface area contributed by atoms with Gasteiger partial charge in [-0.3, -0.25) is 4.79 Å². The average molecular weight is 338 g/mol. The predicted octanol–water partition coefficient (Wildman–Crippen LogP) is 4.07. The van der Waals surface area contributed by atoms with E-state index in [-0.39, 0.29) is 11.3 Å². The zero-order chi connectivity index (χ0) is 17.9. The standard InChI is InChI=1S/C21H26N2O2/c1-21(2,3)17-10-8-16(9-11-17)20(24)22-18-6-4-5-7-19(18)23-12-14-25-15-13-23/h4-11H,12-15H2,1-3H3,(H,22,24). The molecule has 4 heteroatoms. The zero-order valence-electron chi connectivity index (χ0n) is 15.2. The zero-order valence-corrected chi connectivity index (χ0v) is 15.2. The molecule has 1 fully saturated rings. The van der Waals surface area contributed by atoms with E-state index in [4.69, 9.17) is 4.74 Å². The van der Waals surface area contributed by atoms with E-state index in [1.54, 1.807) is 0 Å². The van der Waals surface area contributed by atoms with Gasteiger partial charge in [-0.15, -0.1) is 0 Å². The molecule has 1 heterocycles. The highest BCUT2D eigenvalue weighted by atomic mass is 16.5. The van der Waals surface area contributed by atoms with Crippen molar-refractivity contribution in [1.82, 2.24) is 0 Å². The molecule has 4 nitrogen and oxygen atoms in total. The largest absolute Gasteiger partial charge is 0.378 e. The molecule has 0 radical (unpaired) electrons. The molecular weight excluding hydrogens is 312 g/mol. The Bertz CT molecular complexity index is 726. The fraction of sp³-hybridized carbons (Fsp3) is 0.381. The van der Waals surface area contributed by atoms with Gasteiger partial charge in [0, 0.05) is 18.7 Å². The maximum atomic E-state index is 12.7. The van der Waals surface area contributed by atoms with Gasteiger partial charge in [-0.1, -0.05) is 45.0 Å². The Morgan fingerprint density at radius 3 is 2.28 bits per heavy atom. The van der Waals surface area contributed by atoms with E-state index < -0.39 is 0 Å². The molecular formula is C21H26N2O2. The van der Waals surface area contributed by atoms with Crippen LogP contribution in [0, 0.1) is 0 Å². The fourth-order valence-electron chi connectivity index (χ4n) is 2.98. The predicted molar refractivity (Wildman–Crippen MR) is 103 cm³/mol. The van der Waals surface area contributed by atoms with E-state index in [2.05, 4.69) is 31.0 Å². The first-order valence-corrected chi connectivity index (χ1v) is 8.79. The number of nitrogens with zero attached hydrogens (tertiary/aromatic N) is 1. The number of para-hydroxylation sites is 2. The van der Waals surface area contributed by atoms with Gasteiger partial charge in [-0.05, 0) is 35.2 Å². The molecule has 132 valence electrons. The van der Waals surface area contributed by atoms with Crippen molar-refractivity contribution in [2.24, 2.45) is 0 Å². The van der Waals surface area contributed by atoms with Crippen LogP contribution in [0.5, 0.6) is 0 Å². The average Bonchev–Trinajstić information content (AvgIpc) is 2.62. The monoisotopic (exact) mass is 338 g/mol. The third-order valence-electron chi connectivity index (χ3n) is 4.52. The molecule has 0 bridgehead atoms. The van der Waals surface area contributed by atoms with Gasteiger partial charge in [0.1, 0.15) is 0 Å². The lowest BCUT2D eigenvalue weighted by Crippen LogP contribution is -2.36. The van der Waals surface area contributed by atoms with Gasteiger partial charge in [-0.2, -0.15) is 0 Å². The van der Waals surface area contributed by atoms with E-state index in [1.807, 2.05) is 48.5 Å². The highest BCUT2D eigenvalue weighted by molar-refractivity contribution is 6.06. The highest BCUT2D eigenvalue weighted by Gasteiger charge is 2.17. The lowest BCUT2D eigenvalue weighted by Gasteiger charge is -2.30. The molecule has 0 aromatic heterocycles. The first kappa shape index (κ1) is 17.5. The van der Waals surface area contributed by atoms with Crippen LogP contribution in [-0.2, 0) is 10.2 Å². The Morgan fingerprint density at radius 2 is 1.64 bits per heavy atom. The van der Waals surface area contributed by atoms with Crippen LogP contribution >= 0.6 is 0 Å². The quantitative estimate of drug-likeness (QED) is 0.917. The van der Waals surface area contributed by atoms with Crippen molar-refractivity contribution in [3.63, 3.8) is 0 Å². The summed E-state index contributed by atoms with van der Waals surface area (Å²) in [6.45, 7) is 9.62. The second-order valence-corrected chi connectivity index (χ2v) is 7.40. The molecule has 3 rings (SSSR count). The summed E-state index contributed by atoms with van der Waals surface area (Å²) in [4.78, 5) is 14.9. The molecule has 1 amide bonds. The summed E-state index contributed by atoms with van der Waals surface area (Å²) in [6, 6.07) is 15.8. The van der Waals surface area contributed by atoms with Crippen molar-refractivity contribution < 1.29 is 9.53 Å². The van der Waals surface area contributed by atoms with Crippen molar-refractivity contribution >= 4 is 17.3 Å². The number of amides is 1. The number of ether oxygens (including phenoxy) is 1. The molecule has 0 saturated carbocycles. The van der Waals surface area contributed by atoms with E-state index >= 15 is 0 Å². The number of carbonyl (C=O) groups excluding carboxylic acids is 1. The van der Waals surface area contributed by atoms with Crippen LogP contribution in [0.15, 0.2) is 48.5 Å². The summed E-state index contributed by atoms with van der Waals surface area (Å²) in [5.41, 5.74) is 3.86. The van der Waals surface area contributed by atoms with Gasteiger partial charge in [0.25, 0.3) is 5.91 Å². The molecule has 1 aliphatic rings. The van der Waals surface area contributed by atoms with Crippen LogP contribution < -0.4 is 10.2 Å². The maximum Gasteiger partial charge on any atom is 0.255 e. The Kier molecular flexibility index (Phi) is 5.09. The summed E-state index contributed by atoms with van der Waals surface area (Å²) in [5.74, 6) is -0.0823. The van der Waals surface area contributed by atoms with Crippen molar-refractivity contribution in [2.75, 3.05) is 36.5 Å². The maximum absolute atomic E-state index is 12.7. The number of rotatable bonds is 3. The van der Waals surface area contributed by atoms with Gasteiger partial charge in [0.2, 0.25) is 0 Å². The lowest BCUT2D eigenvalue weighted by atomic mass is 9.87. The normalized spacial score (nSPS) is 15.1. The summed E-state index contributed by atoms with van der Waals surface area (Å²) in [7, 11) is 0. The topological polar surface area (TPSA) is 41.6 Å². The number of hydrogen-bond donors (Lipinski definition) is 1. The highest BCUT2D eigenvalue weighted by Crippen LogP contribution is 2.27. The molecule has 0 unspecified atom stereocenters. The molecule has 0 aliphatic carbocycles. The van der Waals surface area contributed by atoms with E-state index in [9.17, 15) is 4.79 Å². The molecule has 1 aliphatic heterocycles. The molecule has 1 N–H and O–H groups in total. The minimum atomic E-state index is -0.0823. The van der Waals surface area contributed by atoms with E-state index in [1.165, 1.54) is 5.56 Å². The third-order valence-corrected chi connectivity index (χ3v) is 4.52. The second-order valence-electron chi connectivity index (χ2n) is 7.40. The van der Waals surface area contributed by atoms with Gasteiger partial charge < -0.3 is 15.0 Å². The molecule has 25 heavy (non-hydrogen) atoms. The number of hydrogen-bond acceptors (Lipinski definition) is 3. The Balaban J connectivity index is 1.77. The van der Waals surface area contributed by atoms with Gasteiger partial charge in [-0.25, -0.2) is 0 Å². The summed E-state index contributed by atoms with van der Waals surface area (Å²) >= 11 is 0. The van der Waals surface area contributed by atoms with Crippen LogP contribution in [0.2, 0.25) is 0 Å². The second kappa shape index (κ2) is 7.28. The number of morpholine rings is 1. The van der Waals surface area contributed by atoms with Crippen molar-refractivity contribution in [1.29, 1.82) is 0 Å². The SMILES string of the molecule is CC(C)(C)c1ccc(C(=O)Nc2ccccc2N2CCOCC2)cc1. The Labute approximate surface area is 149 Å². The van der Waals surface area contributed by atoms with Crippen LogP contribution in [0.1, 0.15) is 36.7 Å². The minimum absolute atomic E-state index is 0.0813. The number of carbonyl (C=O) groups is 1. The van der Waals surface area contributed by atoms with Gasteiger partial charge >= 0.3 is 0 Å². The van der Waals surface area contributed by atoms with Crippen molar-refractivity contribution in [3.8, 4) is 0 Å². The molecule has 0 spiro atoms. The van der Waals surface area contributed by atoms with Crippen LogP contribution in [0.3, 0.4) is 0 Å². The summed E-state index contributed by atoms with van der Waals surface area (Å²) in [6.07, 6.45) is 0. The van der Waals surface area contributed by atoms with Crippen LogP contribution in [-0.4, -0.2) is 32.2 Å². The lowest BCUT2D eigenvalue weighted by molar-refractivity contribution is 0.102. The van der Waals surface area contributed by atoms with Gasteiger partial charge in [0.05, 0.1) is 24.6 Å². The molecule has 0 atom stereocenters. The smallest absolute Gasteiger partial charge is 0.255 e. The molecule has 1 saturated heterocycles. The van der Waals surface area contributed by atoms with E-state index in [0.29, 0.717) is 5.56 Å².